The van der Waals surface area contributed by atoms with Crippen molar-refractivity contribution >= 4 is 26.0 Å². The van der Waals surface area contributed by atoms with Gasteiger partial charge in [0.1, 0.15) is 0 Å². The molecule has 72 valence electrons. The van der Waals surface area contributed by atoms with Crippen LogP contribution in [0.2, 0.25) is 0 Å². The van der Waals surface area contributed by atoms with Gasteiger partial charge in [-0.2, -0.15) is 16.8 Å². The molecule has 0 rings (SSSR count). The third-order valence-electron chi connectivity index (χ3n) is 0.873. The van der Waals surface area contributed by atoms with Crippen molar-refractivity contribution in [3.8, 4) is 0 Å². The van der Waals surface area contributed by atoms with Gasteiger partial charge >= 0.3 is 0 Å². The molecular formula is C3H6O7S2. The van der Waals surface area contributed by atoms with Crippen molar-refractivity contribution in [2.45, 2.75) is 11.5 Å². The molecule has 0 aliphatic carbocycles. The molecule has 0 aromatic heterocycles. The molecule has 0 fully saturated rings. The highest BCUT2D eigenvalue weighted by Gasteiger charge is 2.39. The summed E-state index contributed by atoms with van der Waals surface area (Å²) in [6.07, 6.45) is 0. The summed E-state index contributed by atoms with van der Waals surface area (Å²) >= 11 is 0. The van der Waals surface area contributed by atoms with Crippen molar-refractivity contribution in [3.05, 3.63) is 0 Å². The monoisotopic (exact) mass is 218 g/mol. The minimum absolute atomic E-state index is 0.617. The van der Waals surface area contributed by atoms with Crippen LogP contribution in [0.15, 0.2) is 0 Å². The van der Waals surface area contributed by atoms with Gasteiger partial charge in [0.05, 0.1) is 0 Å². The van der Waals surface area contributed by atoms with Crippen molar-refractivity contribution in [1.29, 1.82) is 0 Å². The molecule has 0 bridgehead atoms. The predicted molar refractivity (Wildman–Crippen MR) is 37.6 cm³/mol. The van der Waals surface area contributed by atoms with Gasteiger partial charge in [-0.05, 0) is 6.92 Å². The second-order valence-corrected chi connectivity index (χ2v) is 5.27. The first kappa shape index (κ1) is 11.5. The van der Waals surface area contributed by atoms with Crippen LogP contribution in [0.25, 0.3) is 0 Å². The molecule has 2 N–H and O–H groups in total. The summed E-state index contributed by atoms with van der Waals surface area (Å²) in [4.78, 5) is 10.4. The zero-order valence-corrected chi connectivity index (χ0v) is 7.46. The summed E-state index contributed by atoms with van der Waals surface area (Å²) in [5.41, 5.74) is 0. The number of carbonyl (C=O) groups is 1. The quantitative estimate of drug-likeness (QED) is 0.562. The molecule has 12 heavy (non-hydrogen) atoms. The molecule has 0 heterocycles. The van der Waals surface area contributed by atoms with Crippen LogP contribution in [0.3, 0.4) is 0 Å². The van der Waals surface area contributed by atoms with Gasteiger partial charge in [0, 0.05) is 0 Å². The van der Waals surface area contributed by atoms with Crippen LogP contribution < -0.4 is 0 Å². The average molecular weight is 218 g/mol. The van der Waals surface area contributed by atoms with Gasteiger partial charge < -0.3 is 0 Å². The minimum atomic E-state index is -5.11. The van der Waals surface area contributed by atoms with E-state index in [1.165, 1.54) is 0 Å². The summed E-state index contributed by atoms with van der Waals surface area (Å²) in [5.74, 6) is -1.37. The Morgan fingerprint density at radius 3 is 1.33 bits per heavy atom. The Kier molecular flexibility index (Phi) is 2.96. The topological polar surface area (TPSA) is 126 Å². The van der Waals surface area contributed by atoms with Crippen LogP contribution in [0.1, 0.15) is 6.92 Å². The van der Waals surface area contributed by atoms with Crippen LogP contribution in [0.5, 0.6) is 0 Å². The van der Waals surface area contributed by atoms with Gasteiger partial charge in [0.2, 0.25) is 0 Å². The molecule has 0 aliphatic rings. The van der Waals surface area contributed by atoms with Crippen molar-refractivity contribution < 1.29 is 30.7 Å². The fraction of sp³-hybridized carbons (Fsp3) is 0.667. The first-order chi connectivity index (χ1) is 5.07. The van der Waals surface area contributed by atoms with E-state index < -0.39 is 30.6 Å². The normalized spacial score (nSPS) is 13.3. The molecular weight excluding hydrogens is 212 g/mol. The second kappa shape index (κ2) is 3.09. The third kappa shape index (κ3) is 2.85. The van der Waals surface area contributed by atoms with E-state index in [1.807, 2.05) is 0 Å². The molecule has 0 atom stereocenters. The van der Waals surface area contributed by atoms with E-state index >= 15 is 0 Å². The van der Waals surface area contributed by atoms with Crippen LogP contribution in [0.4, 0.5) is 0 Å². The Hall–Kier alpha value is -0.510. The van der Waals surface area contributed by atoms with Crippen molar-refractivity contribution in [3.63, 3.8) is 0 Å². The van der Waals surface area contributed by atoms with Crippen molar-refractivity contribution in [1.82, 2.24) is 0 Å². The Bertz CT molecular complexity index is 341. The molecule has 0 aromatic carbocycles. The Morgan fingerprint density at radius 2 is 1.33 bits per heavy atom. The SMILES string of the molecule is CC(=O)C(S(=O)(=O)O)S(=O)(=O)O. The summed E-state index contributed by atoms with van der Waals surface area (Å²) in [5, 5.41) is 0. The fourth-order valence-corrected chi connectivity index (χ4v) is 2.64. The molecule has 7 nitrogen and oxygen atoms in total. The van der Waals surface area contributed by atoms with Gasteiger partial charge in [-0.3, -0.25) is 13.9 Å². The number of hydrogen-bond acceptors (Lipinski definition) is 5. The lowest BCUT2D eigenvalue weighted by Gasteiger charge is -2.05. The fourth-order valence-electron chi connectivity index (χ4n) is 0.573. The summed E-state index contributed by atoms with van der Waals surface area (Å²) in [6.45, 7) is 0.617. The highest BCUT2D eigenvalue weighted by atomic mass is 32.3. The molecule has 0 unspecified atom stereocenters. The molecule has 0 saturated heterocycles. The van der Waals surface area contributed by atoms with Gasteiger partial charge in [0.25, 0.3) is 24.8 Å². The predicted octanol–water partition coefficient (Wildman–Crippen LogP) is -1.32. The molecule has 0 saturated carbocycles. The third-order valence-corrected chi connectivity index (χ3v) is 4.08. The summed E-state index contributed by atoms with van der Waals surface area (Å²) in [7, 11) is -10.2. The van der Waals surface area contributed by atoms with Gasteiger partial charge in [0.15, 0.2) is 5.78 Å². The van der Waals surface area contributed by atoms with E-state index in [0.29, 0.717) is 6.92 Å². The molecule has 0 spiro atoms. The number of Topliss-reactive ketones (excluding diaryl/α,β-unsaturated/α-hetero) is 1. The van der Waals surface area contributed by atoms with Gasteiger partial charge in [-0.15, -0.1) is 0 Å². The van der Waals surface area contributed by atoms with E-state index in [4.69, 9.17) is 9.11 Å². The number of ketones is 1. The number of rotatable bonds is 3. The van der Waals surface area contributed by atoms with Crippen LogP contribution in [-0.4, -0.2) is 36.3 Å². The van der Waals surface area contributed by atoms with Crippen LogP contribution in [0, 0.1) is 0 Å². The minimum Gasteiger partial charge on any atom is -0.297 e. The Balaban J connectivity index is 5.42. The van der Waals surface area contributed by atoms with E-state index in [1.54, 1.807) is 0 Å². The second-order valence-electron chi connectivity index (χ2n) is 1.97. The maximum Gasteiger partial charge on any atom is 0.292 e. The largest absolute Gasteiger partial charge is 0.297 e. The lowest BCUT2D eigenvalue weighted by Crippen LogP contribution is -2.35. The van der Waals surface area contributed by atoms with E-state index in [2.05, 4.69) is 0 Å². The lowest BCUT2D eigenvalue weighted by molar-refractivity contribution is -0.115. The van der Waals surface area contributed by atoms with Crippen molar-refractivity contribution in [2.24, 2.45) is 0 Å². The first-order valence-electron chi connectivity index (χ1n) is 2.50. The highest BCUT2D eigenvalue weighted by Crippen LogP contribution is 2.07. The molecule has 0 aromatic rings. The zero-order chi connectivity index (χ0) is 10.2. The van der Waals surface area contributed by atoms with E-state index in [0.717, 1.165) is 0 Å². The maximum absolute atomic E-state index is 10.4. The highest BCUT2D eigenvalue weighted by molar-refractivity contribution is 8.05. The first-order valence-corrected chi connectivity index (χ1v) is 5.50. The summed E-state index contributed by atoms with van der Waals surface area (Å²) in [6, 6.07) is 0. The smallest absolute Gasteiger partial charge is 0.292 e. The van der Waals surface area contributed by atoms with Gasteiger partial charge in [-0.1, -0.05) is 0 Å². The van der Waals surface area contributed by atoms with E-state index in [9.17, 15) is 21.6 Å². The van der Waals surface area contributed by atoms with Crippen LogP contribution >= 0.6 is 0 Å². The molecule has 0 amide bonds. The molecule has 0 aliphatic heterocycles. The number of carbonyl (C=O) groups excluding carboxylic acids is 1. The van der Waals surface area contributed by atoms with Crippen LogP contribution in [-0.2, 0) is 25.0 Å². The number of hydrogen-bond donors (Lipinski definition) is 2. The summed E-state index contributed by atoms with van der Waals surface area (Å²) < 4.78 is 54.5. The molecule has 0 radical (unpaired) electrons. The maximum atomic E-state index is 10.4. The van der Waals surface area contributed by atoms with Gasteiger partial charge in [-0.25, -0.2) is 0 Å². The zero-order valence-electron chi connectivity index (χ0n) is 5.83. The lowest BCUT2D eigenvalue weighted by atomic mass is 10.5. The molecule has 9 heteroatoms. The Labute approximate surface area is 68.9 Å². The Morgan fingerprint density at radius 1 is 1.08 bits per heavy atom. The van der Waals surface area contributed by atoms with Crippen molar-refractivity contribution in [2.75, 3.05) is 0 Å². The standard InChI is InChI=1S/C3H6O7S2/c1-2(4)3(11(5,6)7)12(8,9)10/h3H,1H3,(H,5,6,7)(H,8,9,10). The van der Waals surface area contributed by atoms with E-state index in [-0.39, 0.29) is 0 Å². The average Bonchev–Trinajstić information content (AvgIpc) is 1.49.